The number of sulfone groups is 1. The summed E-state index contributed by atoms with van der Waals surface area (Å²) in [4.78, 5) is 3.63. The van der Waals surface area contributed by atoms with Crippen molar-refractivity contribution in [3.8, 4) is 0 Å². The Morgan fingerprint density at radius 3 is 2.76 bits per heavy atom. The molecule has 0 aliphatic carbocycles. The number of pyridine rings is 1. The third-order valence-electron chi connectivity index (χ3n) is 2.48. The lowest BCUT2D eigenvalue weighted by molar-refractivity contribution is 0.166. The largest absolute Gasteiger partial charge is 0.388 e. The van der Waals surface area contributed by atoms with Crippen molar-refractivity contribution >= 4 is 9.84 Å². The monoisotopic (exact) mass is 261 g/mol. The molecule has 0 radical (unpaired) electrons. The minimum Gasteiger partial charge on any atom is -0.388 e. The fourth-order valence-electron chi connectivity index (χ4n) is 1.42. The summed E-state index contributed by atoms with van der Waals surface area (Å²) in [5.74, 6) is -0.365. The predicted molar refractivity (Wildman–Crippen MR) is 62.7 cm³/mol. The Kier molecular flexibility index (Phi) is 5.02. The minimum atomic E-state index is -3.01. The molecular weight excluding hydrogens is 245 g/mol. The number of aromatic nitrogens is 1. The Balaban J connectivity index is 2.48. The van der Waals surface area contributed by atoms with Gasteiger partial charge in [0.25, 0.3) is 0 Å². The highest BCUT2D eigenvalue weighted by atomic mass is 32.2. The van der Waals surface area contributed by atoms with Crippen LogP contribution in [-0.4, -0.2) is 30.0 Å². The number of nitrogens with zero attached hydrogens (tertiary/aromatic N) is 1. The van der Waals surface area contributed by atoms with E-state index in [0.717, 1.165) is 6.20 Å². The summed E-state index contributed by atoms with van der Waals surface area (Å²) in [6.45, 7) is 1.59. The molecule has 1 rings (SSSR count). The van der Waals surface area contributed by atoms with Gasteiger partial charge in [-0.1, -0.05) is 6.92 Å². The molecule has 0 saturated heterocycles. The Morgan fingerprint density at radius 2 is 2.18 bits per heavy atom. The van der Waals surface area contributed by atoms with Gasteiger partial charge in [-0.25, -0.2) is 12.8 Å². The van der Waals surface area contributed by atoms with Gasteiger partial charge in [-0.05, 0) is 18.9 Å². The predicted octanol–water partition coefficient (Wildman–Crippen LogP) is 1.47. The molecule has 0 saturated carbocycles. The van der Waals surface area contributed by atoms with Crippen LogP contribution in [0.4, 0.5) is 4.39 Å². The van der Waals surface area contributed by atoms with Crippen LogP contribution < -0.4 is 0 Å². The molecular formula is C11H16FNO3S. The highest BCUT2D eigenvalue weighted by Gasteiger charge is 2.12. The third kappa shape index (κ3) is 4.79. The van der Waals surface area contributed by atoms with Gasteiger partial charge < -0.3 is 5.11 Å². The molecule has 17 heavy (non-hydrogen) atoms. The number of halogens is 1. The maximum Gasteiger partial charge on any atom is 0.150 e. The van der Waals surface area contributed by atoms with E-state index in [-0.39, 0.29) is 17.9 Å². The van der Waals surface area contributed by atoms with Gasteiger partial charge in [0, 0.05) is 17.5 Å². The Hall–Kier alpha value is -1.01. The van der Waals surface area contributed by atoms with E-state index in [1.54, 1.807) is 6.92 Å². The summed E-state index contributed by atoms with van der Waals surface area (Å²) in [5, 5.41) is 9.71. The molecule has 1 aromatic heterocycles. The second-order valence-corrected chi connectivity index (χ2v) is 6.30. The molecule has 0 aliphatic rings. The van der Waals surface area contributed by atoms with Crippen molar-refractivity contribution in [2.24, 2.45) is 0 Å². The third-order valence-corrected chi connectivity index (χ3v) is 4.27. The molecule has 1 unspecified atom stereocenters. The molecule has 0 amide bonds. The fourth-order valence-corrected chi connectivity index (χ4v) is 2.31. The van der Waals surface area contributed by atoms with Gasteiger partial charge >= 0.3 is 0 Å². The van der Waals surface area contributed by atoms with E-state index in [4.69, 9.17) is 0 Å². The van der Waals surface area contributed by atoms with Crippen molar-refractivity contribution in [2.45, 2.75) is 25.9 Å². The molecule has 0 fully saturated rings. The molecule has 1 N–H and O–H groups in total. The van der Waals surface area contributed by atoms with Crippen molar-refractivity contribution in [3.05, 3.63) is 29.8 Å². The van der Waals surface area contributed by atoms with E-state index in [1.165, 1.54) is 12.3 Å². The van der Waals surface area contributed by atoms with Gasteiger partial charge in [0.1, 0.15) is 15.7 Å². The number of hydrogen-bond donors (Lipinski definition) is 1. The van der Waals surface area contributed by atoms with Gasteiger partial charge in [0.15, 0.2) is 0 Å². The maximum absolute atomic E-state index is 12.8. The number of aliphatic hydroxyl groups is 1. The van der Waals surface area contributed by atoms with Crippen molar-refractivity contribution in [3.63, 3.8) is 0 Å². The van der Waals surface area contributed by atoms with E-state index >= 15 is 0 Å². The van der Waals surface area contributed by atoms with Crippen LogP contribution in [0.25, 0.3) is 0 Å². The number of aliphatic hydroxyl groups excluding tert-OH is 1. The standard InChI is InChI=1S/C11H16FNO3S/c1-2-17(15,16)5-3-4-11(14)9-6-10(12)8-13-7-9/h6-8,11,14H,2-5H2,1H3. The van der Waals surface area contributed by atoms with Crippen molar-refractivity contribution in [1.82, 2.24) is 4.98 Å². The van der Waals surface area contributed by atoms with Crippen LogP contribution in [-0.2, 0) is 9.84 Å². The number of hydrogen-bond acceptors (Lipinski definition) is 4. The fraction of sp³-hybridized carbons (Fsp3) is 0.545. The summed E-state index contributed by atoms with van der Waals surface area (Å²) < 4.78 is 35.3. The normalized spacial score (nSPS) is 13.6. The molecule has 0 aromatic carbocycles. The lowest BCUT2D eigenvalue weighted by Crippen LogP contribution is -2.10. The molecule has 96 valence electrons. The first-order valence-corrected chi connectivity index (χ1v) is 7.25. The zero-order chi connectivity index (χ0) is 12.9. The highest BCUT2D eigenvalue weighted by molar-refractivity contribution is 7.91. The summed E-state index contributed by atoms with van der Waals surface area (Å²) in [6, 6.07) is 1.20. The van der Waals surface area contributed by atoms with Gasteiger partial charge in [-0.3, -0.25) is 4.98 Å². The minimum absolute atomic E-state index is 0.0449. The van der Waals surface area contributed by atoms with Gasteiger partial charge in [-0.15, -0.1) is 0 Å². The summed E-state index contributed by atoms with van der Waals surface area (Å²) in [6.07, 6.45) is 2.20. The van der Waals surface area contributed by atoms with Gasteiger partial charge in [0.2, 0.25) is 0 Å². The van der Waals surface area contributed by atoms with Crippen LogP contribution in [0, 0.1) is 5.82 Å². The number of rotatable bonds is 6. The average Bonchev–Trinajstić information content (AvgIpc) is 2.28. The van der Waals surface area contributed by atoms with E-state index in [9.17, 15) is 17.9 Å². The quantitative estimate of drug-likeness (QED) is 0.842. The van der Waals surface area contributed by atoms with Crippen molar-refractivity contribution < 1.29 is 17.9 Å². The van der Waals surface area contributed by atoms with Gasteiger partial charge in [0.05, 0.1) is 18.1 Å². The average molecular weight is 261 g/mol. The van der Waals surface area contributed by atoms with Crippen LogP contribution in [0.3, 0.4) is 0 Å². The first kappa shape index (κ1) is 14.1. The van der Waals surface area contributed by atoms with Crippen LogP contribution in [0.5, 0.6) is 0 Å². The lowest BCUT2D eigenvalue weighted by atomic mass is 10.1. The molecule has 1 aromatic rings. The van der Waals surface area contributed by atoms with Crippen LogP contribution >= 0.6 is 0 Å². The molecule has 6 heteroatoms. The second kappa shape index (κ2) is 6.07. The first-order chi connectivity index (χ1) is 7.94. The summed E-state index contributed by atoms with van der Waals surface area (Å²) in [7, 11) is -3.01. The van der Waals surface area contributed by atoms with E-state index in [1.807, 2.05) is 0 Å². The Labute approximate surface area is 100 Å². The van der Waals surface area contributed by atoms with Crippen LogP contribution in [0.15, 0.2) is 18.5 Å². The summed E-state index contributed by atoms with van der Waals surface area (Å²) >= 11 is 0. The highest BCUT2D eigenvalue weighted by Crippen LogP contribution is 2.18. The Morgan fingerprint density at radius 1 is 1.47 bits per heavy atom. The van der Waals surface area contributed by atoms with E-state index in [2.05, 4.69) is 4.98 Å². The molecule has 1 atom stereocenters. The first-order valence-electron chi connectivity index (χ1n) is 5.43. The lowest BCUT2D eigenvalue weighted by Gasteiger charge is -2.10. The zero-order valence-electron chi connectivity index (χ0n) is 9.63. The topological polar surface area (TPSA) is 67.3 Å². The molecule has 0 bridgehead atoms. The molecule has 0 spiro atoms. The zero-order valence-corrected chi connectivity index (χ0v) is 10.5. The van der Waals surface area contributed by atoms with E-state index in [0.29, 0.717) is 12.0 Å². The van der Waals surface area contributed by atoms with Gasteiger partial charge in [-0.2, -0.15) is 0 Å². The summed E-state index contributed by atoms with van der Waals surface area (Å²) in [5.41, 5.74) is 0.374. The smallest absolute Gasteiger partial charge is 0.150 e. The molecule has 4 nitrogen and oxygen atoms in total. The maximum atomic E-state index is 12.8. The van der Waals surface area contributed by atoms with Crippen LogP contribution in [0.1, 0.15) is 31.4 Å². The molecule has 1 heterocycles. The van der Waals surface area contributed by atoms with E-state index < -0.39 is 21.8 Å². The molecule has 0 aliphatic heterocycles. The van der Waals surface area contributed by atoms with Crippen LogP contribution in [0.2, 0.25) is 0 Å². The van der Waals surface area contributed by atoms with Crippen molar-refractivity contribution in [2.75, 3.05) is 11.5 Å². The van der Waals surface area contributed by atoms with Crippen molar-refractivity contribution in [1.29, 1.82) is 0 Å². The second-order valence-electron chi connectivity index (χ2n) is 3.83. The Bertz CT molecular complexity index is 462. The SMILES string of the molecule is CCS(=O)(=O)CCCC(O)c1cncc(F)c1.